The number of ether oxygens (including phenoxy) is 1. The first-order chi connectivity index (χ1) is 13.8. The molecule has 0 saturated carbocycles. The van der Waals surface area contributed by atoms with E-state index in [0.717, 1.165) is 41.7 Å². The number of nitrogens with one attached hydrogen (secondary N) is 1. The summed E-state index contributed by atoms with van der Waals surface area (Å²) >= 11 is 1.69. The second-order valence-electron chi connectivity index (χ2n) is 6.80. The van der Waals surface area contributed by atoms with Gasteiger partial charge in [0.05, 0.1) is 11.8 Å². The van der Waals surface area contributed by atoms with Crippen molar-refractivity contribution in [3.8, 4) is 5.75 Å². The summed E-state index contributed by atoms with van der Waals surface area (Å²) in [7, 11) is 0. The number of carbonyl (C=O) groups is 1. The Morgan fingerprint density at radius 2 is 1.86 bits per heavy atom. The molecule has 1 amide bonds. The monoisotopic (exact) mass is 390 g/mol. The molecule has 4 nitrogen and oxygen atoms in total. The van der Waals surface area contributed by atoms with Gasteiger partial charge in [0.2, 0.25) is 0 Å². The molecule has 3 aromatic rings. The Bertz CT molecular complexity index is 962. The zero-order valence-corrected chi connectivity index (χ0v) is 16.4. The molecule has 0 unspecified atom stereocenters. The number of benzene rings is 2. The molecular weight excluding hydrogens is 368 g/mol. The molecule has 0 bridgehead atoms. The van der Waals surface area contributed by atoms with Crippen LogP contribution in [0.3, 0.4) is 0 Å². The lowest BCUT2D eigenvalue weighted by molar-refractivity contribution is 0.0954. The van der Waals surface area contributed by atoms with Gasteiger partial charge in [-0.1, -0.05) is 30.3 Å². The number of amides is 1. The van der Waals surface area contributed by atoms with Gasteiger partial charge in [0.15, 0.2) is 0 Å². The van der Waals surface area contributed by atoms with E-state index in [1.807, 2.05) is 60.0 Å². The molecule has 1 heterocycles. The standard InChI is InChI=1S/C23H22N2O2S/c26-23(21-16-28-22-9-5-4-8-20(21)22)25-24-14-17-10-12-19(13-11-17)27-15-18-6-2-1-3-7-18/h1-3,6-7,10-14,16H,4-5,8-9,15H2,(H,25,26)/b24-14+. The van der Waals surface area contributed by atoms with Crippen molar-refractivity contribution in [2.45, 2.75) is 32.3 Å². The predicted octanol–water partition coefficient (Wildman–Crippen LogP) is 4.97. The molecule has 0 spiro atoms. The van der Waals surface area contributed by atoms with E-state index in [9.17, 15) is 4.79 Å². The molecule has 0 aliphatic heterocycles. The molecule has 0 saturated heterocycles. The van der Waals surface area contributed by atoms with Gasteiger partial charge in [0.1, 0.15) is 12.4 Å². The fourth-order valence-electron chi connectivity index (χ4n) is 3.30. The summed E-state index contributed by atoms with van der Waals surface area (Å²) in [4.78, 5) is 13.8. The van der Waals surface area contributed by atoms with Crippen LogP contribution in [-0.4, -0.2) is 12.1 Å². The van der Waals surface area contributed by atoms with Crippen LogP contribution in [0.15, 0.2) is 65.1 Å². The fraction of sp³-hybridized carbons (Fsp3) is 0.217. The molecule has 1 N–H and O–H groups in total. The first-order valence-electron chi connectivity index (χ1n) is 9.49. The highest BCUT2D eigenvalue weighted by atomic mass is 32.1. The maximum Gasteiger partial charge on any atom is 0.272 e. The maximum atomic E-state index is 12.4. The highest BCUT2D eigenvalue weighted by Crippen LogP contribution is 2.30. The van der Waals surface area contributed by atoms with Crippen molar-refractivity contribution in [3.05, 3.63) is 87.1 Å². The lowest BCUT2D eigenvalue weighted by Gasteiger charge is -2.11. The van der Waals surface area contributed by atoms with Gasteiger partial charge >= 0.3 is 0 Å². The van der Waals surface area contributed by atoms with Crippen LogP contribution in [0.25, 0.3) is 0 Å². The molecule has 5 heteroatoms. The van der Waals surface area contributed by atoms with E-state index in [1.54, 1.807) is 17.6 Å². The Morgan fingerprint density at radius 3 is 2.68 bits per heavy atom. The highest BCUT2D eigenvalue weighted by molar-refractivity contribution is 7.10. The summed E-state index contributed by atoms with van der Waals surface area (Å²) < 4.78 is 5.78. The van der Waals surface area contributed by atoms with Crippen LogP contribution in [0.4, 0.5) is 0 Å². The van der Waals surface area contributed by atoms with E-state index in [-0.39, 0.29) is 5.91 Å². The van der Waals surface area contributed by atoms with E-state index >= 15 is 0 Å². The van der Waals surface area contributed by atoms with Crippen LogP contribution in [0, 0.1) is 0 Å². The summed E-state index contributed by atoms with van der Waals surface area (Å²) in [5.74, 6) is 0.674. The summed E-state index contributed by atoms with van der Waals surface area (Å²) in [5.41, 5.74) is 6.68. The number of carbonyl (C=O) groups excluding carboxylic acids is 1. The molecule has 1 aromatic heterocycles. The largest absolute Gasteiger partial charge is 0.489 e. The number of rotatable bonds is 6. The average Bonchev–Trinajstić information content (AvgIpc) is 3.18. The van der Waals surface area contributed by atoms with E-state index in [4.69, 9.17) is 4.74 Å². The van der Waals surface area contributed by atoms with Crippen molar-refractivity contribution in [1.82, 2.24) is 5.43 Å². The zero-order valence-electron chi connectivity index (χ0n) is 15.6. The second-order valence-corrected chi connectivity index (χ2v) is 7.76. The molecule has 0 fully saturated rings. The number of hydrogen-bond acceptors (Lipinski definition) is 4. The average molecular weight is 391 g/mol. The highest BCUT2D eigenvalue weighted by Gasteiger charge is 2.19. The van der Waals surface area contributed by atoms with Gasteiger partial charge in [-0.3, -0.25) is 4.79 Å². The van der Waals surface area contributed by atoms with Crippen molar-refractivity contribution in [2.24, 2.45) is 5.10 Å². The summed E-state index contributed by atoms with van der Waals surface area (Å²) in [5, 5.41) is 6.07. The van der Waals surface area contributed by atoms with Crippen molar-refractivity contribution in [2.75, 3.05) is 0 Å². The Balaban J connectivity index is 1.31. The van der Waals surface area contributed by atoms with E-state index in [1.165, 1.54) is 16.9 Å². The van der Waals surface area contributed by atoms with Crippen LogP contribution in [0.5, 0.6) is 5.75 Å². The third kappa shape index (κ3) is 4.49. The SMILES string of the molecule is O=C(N/N=C/c1ccc(OCc2ccccc2)cc1)c1csc2c1CCCC2. The molecule has 142 valence electrons. The van der Waals surface area contributed by atoms with Crippen LogP contribution in [-0.2, 0) is 19.4 Å². The third-order valence-electron chi connectivity index (χ3n) is 4.81. The Morgan fingerprint density at radius 1 is 1.07 bits per heavy atom. The van der Waals surface area contributed by atoms with Gasteiger partial charge in [-0.25, -0.2) is 5.43 Å². The lowest BCUT2D eigenvalue weighted by Crippen LogP contribution is -2.19. The second kappa shape index (κ2) is 8.85. The quantitative estimate of drug-likeness (QED) is 0.477. The molecular formula is C23H22N2O2S. The van der Waals surface area contributed by atoms with E-state index in [2.05, 4.69) is 10.5 Å². The maximum absolute atomic E-state index is 12.4. The normalized spacial score (nSPS) is 13.3. The molecule has 0 atom stereocenters. The Kier molecular flexibility index (Phi) is 5.83. The number of fused-ring (bicyclic) bond motifs is 1. The van der Waals surface area contributed by atoms with Gasteiger partial charge in [0, 0.05) is 10.3 Å². The smallest absolute Gasteiger partial charge is 0.272 e. The van der Waals surface area contributed by atoms with E-state index < -0.39 is 0 Å². The number of nitrogens with zero attached hydrogens (tertiary/aromatic N) is 1. The lowest BCUT2D eigenvalue weighted by atomic mass is 9.96. The van der Waals surface area contributed by atoms with Gasteiger partial charge in [-0.2, -0.15) is 5.10 Å². The topological polar surface area (TPSA) is 50.7 Å². The third-order valence-corrected chi connectivity index (χ3v) is 5.90. The van der Waals surface area contributed by atoms with Gasteiger partial charge in [0.25, 0.3) is 5.91 Å². The van der Waals surface area contributed by atoms with Crippen molar-refractivity contribution in [3.63, 3.8) is 0 Å². The summed E-state index contributed by atoms with van der Waals surface area (Å²) in [6, 6.07) is 17.7. The van der Waals surface area contributed by atoms with Crippen LogP contribution < -0.4 is 10.2 Å². The zero-order chi connectivity index (χ0) is 19.2. The van der Waals surface area contributed by atoms with Crippen molar-refractivity contribution in [1.29, 1.82) is 0 Å². The summed E-state index contributed by atoms with van der Waals surface area (Å²) in [6.45, 7) is 0.537. The van der Waals surface area contributed by atoms with Crippen molar-refractivity contribution < 1.29 is 9.53 Å². The first kappa shape index (κ1) is 18.4. The number of hydrogen-bond donors (Lipinski definition) is 1. The fourth-order valence-corrected chi connectivity index (χ4v) is 4.43. The number of thiophene rings is 1. The van der Waals surface area contributed by atoms with Crippen LogP contribution >= 0.6 is 11.3 Å². The predicted molar refractivity (Wildman–Crippen MR) is 113 cm³/mol. The van der Waals surface area contributed by atoms with Gasteiger partial charge in [-0.05, 0) is 66.6 Å². The van der Waals surface area contributed by atoms with Gasteiger partial charge < -0.3 is 4.74 Å². The summed E-state index contributed by atoms with van der Waals surface area (Å²) in [6.07, 6.45) is 6.12. The van der Waals surface area contributed by atoms with Gasteiger partial charge in [-0.15, -0.1) is 11.3 Å². The molecule has 28 heavy (non-hydrogen) atoms. The minimum absolute atomic E-state index is 0.126. The van der Waals surface area contributed by atoms with E-state index in [0.29, 0.717) is 6.61 Å². The van der Waals surface area contributed by atoms with Crippen LogP contribution in [0.1, 0.15) is 44.8 Å². The molecule has 2 aromatic carbocycles. The van der Waals surface area contributed by atoms with Crippen molar-refractivity contribution >= 4 is 23.5 Å². The number of hydrazone groups is 1. The molecule has 1 aliphatic carbocycles. The van der Waals surface area contributed by atoms with Crippen LogP contribution in [0.2, 0.25) is 0 Å². The molecule has 4 rings (SSSR count). The Labute approximate surface area is 168 Å². The molecule has 1 aliphatic rings. The first-order valence-corrected chi connectivity index (χ1v) is 10.4. The minimum atomic E-state index is -0.126. The number of aryl methyl sites for hydroxylation is 1. The Hall–Kier alpha value is -2.92. The minimum Gasteiger partial charge on any atom is -0.489 e. The molecule has 0 radical (unpaired) electrons.